The predicted octanol–water partition coefficient (Wildman–Crippen LogP) is 0.927. The number of amides is 3. The molecular weight excluding hydrogens is 300 g/mol. The number of rotatable bonds is 6. The van der Waals surface area contributed by atoms with E-state index in [0.717, 1.165) is 11.3 Å². The van der Waals surface area contributed by atoms with Crippen LogP contribution < -0.4 is 15.4 Å². The third-order valence-corrected chi connectivity index (χ3v) is 4.68. The van der Waals surface area contributed by atoms with E-state index in [4.69, 9.17) is 9.84 Å². The van der Waals surface area contributed by atoms with E-state index < -0.39 is 29.4 Å². The molecule has 1 unspecified atom stereocenters. The largest absolute Gasteiger partial charge is 0.497 e. The first kappa shape index (κ1) is 15.3. The maximum absolute atomic E-state index is 12.3. The monoisotopic (exact) mass is 318 g/mol. The fraction of sp³-hybridized carbons (Fsp3) is 0.438. The van der Waals surface area contributed by atoms with Gasteiger partial charge in [-0.15, -0.1) is 0 Å². The summed E-state index contributed by atoms with van der Waals surface area (Å²) >= 11 is 0. The van der Waals surface area contributed by atoms with Crippen molar-refractivity contribution in [2.24, 2.45) is 11.8 Å². The second-order valence-electron chi connectivity index (χ2n) is 6.01. The Morgan fingerprint density at radius 3 is 2.52 bits per heavy atom. The number of urea groups is 1. The minimum absolute atomic E-state index is 0.357. The van der Waals surface area contributed by atoms with Crippen molar-refractivity contribution in [3.05, 3.63) is 29.8 Å². The van der Waals surface area contributed by atoms with Crippen molar-refractivity contribution in [1.82, 2.24) is 10.6 Å². The van der Waals surface area contributed by atoms with Crippen LogP contribution in [-0.2, 0) is 16.0 Å². The van der Waals surface area contributed by atoms with Gasteiger partial charge >= 0.3 is 12.0 Å². The average Bonchev–Trinajstić information content (AvgIpc) is 3.28. The van der Waals surface area contributed by atoms with E-state index in [-0.39, 0.29) is 5.92 Å². The van der Waals surface area contributed by atoms with E-state index in [1.807, 2.05) is 24.3 Å². The van der Waals surface area contributed by atoms with Gasteiger partial charge in [-0.3, -0.25) is 14.9 Å². The number of carboxylic acid groups (broad SMARTS) is 1. The molecule has 0 radical (unpaired) electrons. The first-order chi connectivity index (χ1) is 11.0. The molecule has 3 rings (SSSR count). The van der Waals surface area contributed by atoms with Crippen LogP contribution in [-0.4, -0.2) is 35.7 Å². The van der Waals surface area contributed by atoms with E-state index in [2.05, 4.69) is 10.6 Å². The molecular formula is C16H18N2O5. The molecule has 1 aromatic carbocycles. The van der Waals surface area contributed by atoms with Crippen molar-refractivity contribution >= 4 is 17.9 Å². The maximum atomic E-state index is 12.3. The Morgan fingerprint density at radius 1 is 1.35 bits per heavy atom. The first-order valence-electron chi connectivity index (χ1n) is 7.45. The van der Waals surface area contributed by atoms with Gasteiger partial charge in [0.2, 0.25) is 0 Å². The summed E-state index contributed by atoms with van der Waals surface area (Å²) in [5.74, 6) is -1.54. The first-order valence-corrected chi connectivity index (χ1v) is 7.45. The van der Waals surface area contributed by atoms with Crippen LogP contribution in [0.3, 0.4) is 0 Å². The van der Waals surface area contributed by atoms with Crippen LogP contribution in [0, 0.1) is 11.8 Å². The van der Waals surface area contributed by atoms with Gasteiger partial charge in [-0.1, -0.05) is 12.1 Å². The Kier molecular flexibility index (Phi) is 3.71. The minimum atomic E-state index is -1.12. The van der Waals surface area contributed by atoms with Gasteiger partial charge in [0.05, 0.1) is 13.0 Å². The molecule has 0 spiro atoms. The second kappa shape index (κ2) is 5.57. The van der Waals surface area contributed by atoms with Gasteiger partial charge in [0, 0.05) is 5.92 Å². The van der Waals surface area contributed by atoms with Crippen LogP contribution in [0.1, 0.15) is 18.4 Å². The number of carboxylic acids is 1. The molecule has 0 bridgehead atoms. The Hall–Kier alpha value is -2.57. The van der Waals surface area contributed by atoms with Crippen molar-refractivity contribution in [2.75, 3.05) is 7.11 Å². The van der Waals surface area contributed by atoms with E-state index in [1.165, 1.54) is 0 Å². The molecule has 7 nitrogen and oxygen atoms in total. The summed E-state index contributed by atoms with van der Waals surface area (Å²) in [5.41, 5.74) is -0.133. The molecule has 3 atom stereocenters. The summed E-state index contributed by atoms with van der Waals surface area (Å²) < 4.78 is 5.10. The standard InChI is InChI=1S/C16H18N2O5/c1-23-10-4-2-9(3-5-10)6-7-16(12-8-11(12)13(19)20)14(21)17-15(22)18-16/h2-5,11-12H,6-8H2,1H3,(H,19,20)(H2,17,18,21,22)/t11-,12-,16?/m0/s1. The van der Waals surface area contributed by atoms with Crippen LogP contribution in [0.4, 0.5) is 4.79 Å². The molecule has 1 saturated heterocycles. The zero-order valence-corrected chi connectivity index (χ0v) is 12.7. The highest BCUT2D eigenvalue weighted by Crippen LogP contribution is 2.49. The highest BCUT2D eigenvalue weighted by Gasteiger charge is 2.62. The lowest BCUT2D eigenvalue weighted by atomic mass is 9.85. The number of ether oxygens (including phenoxy) is 1. The number of aryl methyl sites for hydroxylation is 1. The number of nitrogens with one attached hydrogen (secondary N) is 2. The lowest BCUT2D eigenvalue weighted by Gasteiger charge is -2.26. The molecule has 1 aliphatic carbocycles. The number of aliphatic carboxylic acids is 1. The highest BCUT2D eigenvalue weighted by atomic mass is 16.5. The molecule has 3 amide bonds. The van der Waals surface area contributed by atoms with E-state index in [9.17, 15) is 14.4 Å². The number of hydrogen-bond acceptors (Lipinski definition) is 4. The fourth-order valence-corrected chi connectivity index (χ4v) is 3.27. The van der Waals surface area contributed by atoms with E-state index in [0.29, 0.717) is 19.3 Å². The van der Waals surface area contributed by atoms with Crippen LogP contribution in [0.2, 0.25) is 0 Å². The second-order valence-corrected chi connectivity index (χ2v) is 6.01. The maximum Gasteiger partial charge on any atom is 0.322 e. The predicted molar refractivity (Wildman–Crippen MR) is 80.0 cm³/mol. The van der Waals surface area contributed by atoms with E-state index in [1.54, 1.807) is 7.11 Å². The fourth-order valence-electron chi connectivity index (χ4n) is 3.27. The summed E-state index contributed by atoms with van der Waals surface area (Å²) in [7, 11) is 1.58. The molecule has 1 saturated carbocycles. The SMILES string of the molecule is COc1ccc(CCC2([C@H]3C[C@@H]3C(=O)O)NC(=O)NC2=O)cc1. The lowest BCUT2D eigenvalue weighted by Crippen LogP contribution is -2.50. The average molecular weight is 318 g/mol. The molecule has 3 N–H and O–H groups in total. The third-order valence-electron chi connectivity index (χ3n) is 4.68. The van der Waals surface area contributed by atoms with Gasteiger partial charge in [-0.2, -0.15) is 0 Å². The zero-order valence-electron chi connectivity index (χ0n) is 12.7. The van der Waals surface area contributed by atoms with Crippen molar-refractivity contribution in [1.29, 1.82) is 0 Å². The number of methoxy groups -OCH3 is 1. The molecule has 1 aromatic rings. The van der Waals surface area contributed by atoms with Gasteiger partial charge in [-0.25, -0.2) is 4.79 Å². The van der Waals surface area contributed by atoms with Crippen molar-refractivity contribution in [3.63, 3.8) is 0 Å². The van der Waals surface area contributed by atoms with Gasteiger partial charge in [-0.05, 0) is 37.0 Å². The van der Waals surface area contributed by atoms with E-state index >= 15 is 0 Å². The Labute approximate surface area is 133 Å². The quantitative estimate of drug-likeness (QED) is 0.677. The Morgan fingerprint density at radius 2 is 2.04 bits per heavy atom. The van der Waals surface area contributed by atoms with Crippen LogP contribution in [0.5, 0.6) is 5.75 Å². The van der Waals surface area contributed by atoms with Crippen LogP contribution in [0.15, 0.2) is 24.3 Å². The number of carbonyl (C=O) groups excluding carboxylic acids is 2. The zero-order chi connectivity index (χ0) is 16.6. The highest BCUT2D eigenvalue weighted by molar-refractivity contribution is 6.07. The Balaban J connectivity index is 1.76. The molecule has 1 aliphatic heterocycles. The topological polar surface area (TPSA) is 105 Å². The summed E-state index contributed by atoms with van der Waals surface area (Å²) in [6.45, 7) is 0. The summed E-state index contributed by atoms with van der Waals surface area (Å²) in [5, 5.41) is 14.0. The minimum Gasteiger partial charge on any atom is -0.497 e. The summed E-state index contributed by atoms with van der Waals surface area (Å²) in [4.78, 5) is 35.0. The normalized spacial score (nSPS) is 28.9. The number of carbonyl (C=O) groups is 3. The van der Waals surface area contributed by atoms with Gasteiger partial charge in [0.25, 0.3) is 5.91 Å². The Bertz CT molecular complexity index is 657. The smallest absolute Gasteiger partial charge is 0.322 e. The van der Waals surface area contributed by atoms with Crippen molar-refractivity contribution < 1.29 is 24.2 Å². The lowest BCUT2D eigenvalue weighted by molar-refractivity contribution is -0.139. The molecule has 2 fully saturated rings. The number of hydrogen-bond donors (Lipinski definition) is 3. The number of imide groups is 1. The molecule has 23 heavy (non-hydrogen) atoms. The summed E-state index contributed by atoms with van der Waals surface area (Å²) in [6, 6.07) is 6.88. The van der Waals surface area contributed by atoms with Crippen molar-refractivity contribution in [2.45, 2.75) is 24.8 Å². The van der Waals surface area contributed by atoms with Crippen molar-refractivity contribution in [3.8, 4) is 5.75 Å². The molecule has 122 valence electrons. The van der Waals surface area contributed by atoms with Crippen LogP contribution in [0.25, 0.3) is 0 Å². The number of benzene rings is 1. The molecule has 7 heteroatoms. The molecule has 1 heterocycles. The van der Waals surface area contributed by atoms with Gasteiger partial charge < -0.3 is 15.2 Å². The van der Waals surface area contributed by atoms with Crippen LogP contribution >= 0.6 is 0 Å². The third kappa shape index (κ3) is 2.74. The summed E-state index contributed by atoms with van der Waals surface area (Å²) in [6.07, 6.45) is 1.33. The van der Waals surface area contributed by atoms with Gasteiger partial charge in [0.1, 0.15) is 11.3 Å². The van der Waals surface area contributed by atoms with Gasteiger partial charge in [0.15, 0.2) is 0 Å². The molecule has 0 aromatic heterocycles. The molecule has 2 aliphatic rings.